The molecule has 0 aromatic heterocycles. The van der Waals surface area contributed by atoms with Crippen LogP contribution < -0.4 is 21.3 Å². The summed E-state index contributed by atoms with van der Waals surface area (Å²) in [5.74, 6) is 0.365. The number of imide groups is 1. The van der Waals surface area contributed by atoms with Crippen LogP contribution in [-0.4, -0.2) is 73.8 Å². The number of rotatable bonds is 8. The molecule has 1 aliphatic rings. The number of alkyl carbamates (subject to hydrolysis) is 1. The van der Waals surface area contributed by atoms with Crippen molar-refractivity contribution in [3.63, 3.8) is 0 Å². The Morgan fingerprint density at radius 1 is 1.22 bits per heavy atom. The molecule has 1 saturated heterocycles. The fourth-order valence-corrected chi connectivity index (χ4v) is 2.08. The molecule has 156 valence electrons. The van der Waals surface area contributed by atoms with Crippen molar-refractivity contribution in [1.29, 1.82) is 0 Å². The number of carbonyl (C=O) groups excluding carboxylic acids is 3. The zero-order valence-corrected chi connectivity index (χ0v) is 18.7. The smallest absolute Gasteiger partial charge is 0.407 e. The highest BCUT2D eigenvalue weighted by Gasteiger charge is 2.27. The van der Waals surface area contributed by atoms with E-state index in [1.54, 1.807) is 0 Å². The molecule has 1 fully saturated rings. The minimum atomic E-state index is -0.516. The minimum Gasteiger partial charge on any atom is -0.444 e. The largest absolute Gasteiger partial charge is 0.444 e. The molecule has 0 aromatic carbocycles. The normalized spacial score (nSPS) is 14.4. The van der Waals surface area contributed by atoms with Gasteiger partial charge in [-0.1, -0.05) is 0 Å². The van der Waals surface area contributed by atoms with Gasteiger partial charge in [-0.05, 0) is 34.1 Å². The van der Waals surface area contributed by atoms with Crippen LogP contribution in [0, 0.1) is 0 Å². The highest BCUT2D eigenvalue weighted by Crippen LogP contribution is 2.06. The van der Waals surface area contributed by atoms with E-state index < -0.39 is 11.7 Å². The van der Waals surface area contributed by atoms with Crippen LogP contribution in [0.5, 0.6) is 0 Å². The molecule has 1 rings (SSSR count). The van der Waals surface area contributed by atoms with Gasteiger partial charge < -0.3 is 26.0 Å². The maximum Gasteiger partial charge on any atom is 0.407 e. The van der Waals surface area contributed by atoms with E-state index >= 15 is 0 Å². The lowest BCUT2D eigenvalue weighted by Crippen LogP contribution is -2.43. The summed E-state index contributed by atoms with van der Waals surface area (Å²) in [7, 11) is 0. The molecule has 0 aromatic rings. The molecule has 11 heteroatoms. The monoisotopic (exact) mass is 498 g/mol. The first-order valence-electron chi connectivity index (χ1n) is 8.80. The summed E-state index contributed by atoms with van der Waals surface area (Å²) in [6, 6.07) is -0.369. The van der Waals surface area contributed by atoms with E-state index in [9.17, 15) is 14.4 Å². The topological polar surface area (TPSA) is 124 Å². The van der Waals surface area contributed by atoms with Crippen LogP contribution >= 0.6 is 24.0 Å². The van der Waals surface area contributed by atoms with Gasteiger partial charge in [-0.25, -0.2) is 9.59 Å². The number of nitrogens with zero attached hydrogens (tertiary/aromatic N) is 2. The zero-order chi connectivity index (χ0) is 19.6. The Hall–Kier alpha value is -1.79. The number of guanidine groups is 1. The van der Waals surface area contributed by atoms with E-state index in [0.717, 1.165) is 0 Å². The van der Waals surface area contributed by atoms with Crippen molar-refractivity contribution in [3.05, 3.63) is 0 Å². The second-order valence-electron chi connectivity index (χ2n) is 6.67. The van der Waals surface area contributed by atoms with E-state index in [-0.39, 0.29) is 49.0 Å². The molecular formula is C16H31IN6O4. The third kappa shape index (κ3) is 10.8. The number of nitrogens with one attached hydrogen (secondary N) is 4. The molecule has 0 saturated carbocycles. The predicted octanol–water partition coefficient (Wildman–Crippen LogP) is 0.626. The van der Waals surface area contributed by atoms with Crippen molar-refractivity contribution in [2.45, 2.75) is 39.7 Å². The second kappa shape index (κ2) is 12.6. The molecule has 0 atom stereocenters. The Labute approximate surface area is 177 Å². The number of hydrogen-bond acceptors (Lipinski definition) is 5. The van der Waals surface area contributed by atoms with Gasteiger partial charge >= 0.3 is 12.1 Å². The molecule has 0 bridgehead atoms. The Morgan fingerprint density at radius 2 is 1.93 bits per heavy atom. The molecule has 0 spiro atoms. The minimum absolute atomic E-state index is 0. The molecular weight excluding hydrogens is 467 g/mol. The highest BCUT2D eigenvalue weighted by atomic mass is 127. The summed E-state index contributed by atoms with van der Waals surface area (Å²) in [6.07, 6.45) is 0.211. The molecule has 1 aliphatic heterocycles. The van der Waals surface area contributed by atoms with Crippen molar-refractivity contribution in [1.82, 2.24) is 26.2 Å². The molecule has 0 unspecified atom stereocenters. The first-order valence-corrected chi connectivity index (χ1v) is 8.80. The fourth-order valence-electron chi connectivity index (χ4n) is 2.08. The van der Waals surface area contributed by atoms with Gasteiger partial charge in [0.25, 0.3) is 0 Å². The average Bonchev–Trinajstić information content (AvgIpc) is 2.84. The number of hydrogen-bond donors (Lipinski definition) is 4. The molecule has 27 heavy (non-hydrogen) atoms. The van der Waals surface area contributed by atoms with Gasteiger partial charge in [-0.3, -0.25) is 14.7 Å². The Morgan fingerprint density at radius 3 is 2.48 bits per heavy atom. The van der Waals surface area contributed by atoms with Gasteiger partial charge in [-0.2, -0.15) is 0 Å². The zero-order valence-electron chi connectivity index (χ0n) is 16.4. The van der Waals surface area contributed by atoms with Crippen molar-refractivity contribution in [2.75, 3.05) is 39.3 Å². The lowest BCUT2D eigenvalue weighted by molar-refractivity contribution is -0.124. The molecule has 4 N–H and O–H groups in total. The SMILES string of the molecule is CCNC(=NCCCNC(=O)OC(C)(C)C)NCCN1C(=O)CNC1=O.I. The van der Waals surface area contributed by atoms with Crippen molar-refractivity contribution in [3.8, 4) is 0 Å². The first-order chi connectivity index (χ1) is 12.2. The van der Waals surface area contributed by atoms with E-state index in [0.29, 0.717) is 38.6 Å². The summed E-state index contributed by atoms with van der Waals surface area (Å²) in [5, 5.41) is 11.3. The number of halogens is 1. The summed E-state index contributed by atoms with van der Waals surface area (Å²) in [6.45, 7) is 9.76. The maximum absolute atomic E-state index is 11.5. The van der Waals surface area contributed by atoms with Crippen LogP contribution in [0.4, 0.5) is 9.59 Å². The highest BCUT2D eigenvalue weighted by molar-refractivity contribution is 14.0. The number of urea groups is 1. The van der Waals surface area contributed by atoms with Crippen molar-refractivity contribution in [2.24, 2.45) is 4.99 Å². The standard InChI is InChI=1S/C16H30N6O4.HI/c1-5-17-13(19-9-10-22-12(23)11-21-14(22)24)18-7-6-8-20-15(25)26-16(2,3)4;/h5-11H2,1-4H3,(H,20,25)(H,21,24)(H2,17,18,19);1H. The predicted molar refractivity (Wildman–Crippen MR) is 113 cm³/mol. The quantitative estimate of drug-likeness (QED) is 0.128. The fraction of sp³-hybridized carbons (Fsp3) is 0.750. The number of amides is 4. The van der Waals surface area contributed by atoms with E-state index in [4.69, 9.17) is 4.74 Å². The van der Waals surface area contributed by atoms with Crippen LogP contribution in [0.25, 0.3) is 0 Å². The molecule has 10 nitrogen and oxygen atoms in total. The summed E-state index contributed by atoms with van der Waals surface area (Å²) < 4.78 is 5.15. The van der Waals surface area contributed by atoms with Gasteiger partial charge in [0.15, 0.2) is 5.96 Å². The van der Waals surface area contributed by atoms with Gasteiger partial charge in [0.2, 0.25) is 5.91 Å². The van der Waals surface area contributed by atoms with Crippen LogP contribution in [0.1, 0.15) is 34.1 Å². The van der Waals surface area contributed by atoms with Crippen molar-refractivity contribution >= 4 is 48.0 Å². The van der Waals surface area contributed by atoms with Crippen molar-refractivity contribution < 1.29 is 19.1 Å². The van der Waals surface area contributed by atoms with Crippen LogP contribution in [0.3, 0.4) is 0 Å². The maximum atomic E-state index is 11.5. The van der Waals surface area contributed by atoms with Crippen LogP contribution in [-0.2, 0) is 9.53 Å². The van der Waals surface area contributed by atoms with E-state index in [1.807, 2.05) is 27.7 Å². The third-order valence-electron chi connectivity index (χ3n) is 3.18. The molecule has 0 radical (unpaired) electrons. The van der Waals surface area contributed by atoms with Gasteiger partial charge in [0.05, 0.1) is 6.54 Å². The molecule has 0 aliphatic carbocycles. The van der Waals surface area contributed by atoms with E-state index in [1.165, 1.54) is 4.90 Å². The lowest BCUT2D eigenvalue weighted by Gasteiger charge is -2.19. The number of aliphatic imine (C=N–C) groups is 1. The summed E-state index contributed by atoms with van der Waals surface area (Å²) >= 11 is 0. The molecule has 1 heterocycles. The molecule has 4 amide bonds. The van der Waals surface area contributed by atoms with Crippen LogP contribution in [0.2, 0.25) is 0 Å². The lowest BCUT2D eigenvalue weighted by atomic mass is 10.2. The van der Waals surface area contributed by atoms with Gasteiger partial charge in [-0.15, -0.1) is 24.0 Å². The third-order valence-corrected chi connectivity index (χ3v) is 3.18. The Balaban J connectivity index is 0.00000676. The van der Waals surface area contributed by atoms with Gasteiger partial charge in [0.1, 0.15) is 5.60 Å². The van der Waals surface area contributed by atoms with Crippen LogP contribution in [0.15, 0.2) is 4.99 Å². The summed E-state index contributed by atoms with van der Waals surface area (Å²) in [4.78, 5) is 40.0. The van der Waals surface area contributed by atoms with E-state index in [2.05, 4.69) is 26.3 Å². The number of ether oxygens (including phenoxy) is 1. The Kier molecular flexibility index (Phi) is 11.7. The summed E-state index contributed by atoms with van der Waals surface area (Å²) in [5.41, 5.74) is -0.516. The first kappa shape index (κ1) is 25.2. The number of carbonyl (C=O) groups is 3. The van der Waals surface area contributed by atoms with Gasteiger partial charge in [0, 0.05) is 32.7 Å². The Bertz CT molecular complexity index is 519. The second-order valence-corrected chi connectivity index (χ2v) is 6.67. The average molecular weight is 498 g/mol.